The Morgan fingerprint density at radius 2 is 1.59 bits per heavy atom. The first-order valence-corrected chi connectivity index (χ1v) is 7.05. The van der Waals surface area contributed by atoms with Gasteiger partial charge in [-0.15, -0.1) is 0 Å². The van der Waals surface area contributed by atoms with E-state index < -0.39 is 20.1 Å². The largest absolute Gasteiger partial charge is 0.498 e. The van der Waals surface area contributed by atoms with E-state index in [9.17, 15) is 21.6 Å². The zero-order chi connectivity index (χ0) is 12.9. The molecule has 7 heteroatoms. The molecule has 0 bridgehead atoms. The molecule has 2 rings (SSSR count). The van der Waals surface area contributed by atoms with Crippen molar-refractivity contribution >= 4 is 25.8 Å². The maximum atomic E-state index is 12.5. The third kappa shape index (κ3) is 1.89. The molecule has 0 atom stereocenters. The summed E-state index contributed by atoms with van der Waals surface area (Å²) >= 11 is 3.15. The first-order chi connectivity index (χ1) is 7.71. The van der Waals surface area contributed by atoms with Crippen LogP contribution >= 0.6 is 15.9 Å². The topological polar surface area (TPSA) is 34.1 Å². The smallest absolute Gasteiger partial charge is 0.219 e. The second-order valence-corrected chi connectivity index (χ2v) is 7.12. The van der Waals surface area contributed by atoms with Crippen LogP contribution in [0.25, 0.3) is 0 Å². The fraction of sp³-hybridized carbons (Fsp3) is 0.400. The van der Waals surface area contributed by atoms with Crippen LogP contribution in [0.2, 0.25) is 0 Å². The highest BCUT2D eigenvalue weighted by molar-refractivity contribution is 9.10. The SMILES string of the molecule is O=S(=O)(C(F)(F)F)C1(c2ccc(Br)cc2)CC1. The molecule has 0 N–H and O–H groups in total. The maximum absolute atomic E-state index is 12.5. The monoisotopic (exact) mass is 328 g/mol. The van der Waals surface area contributed by atoms with Gasteiger partial charge in [-0.1, -0.05) is 28.1 Å². The van der Waals surface area contributed by atoms with Gasteiger partial charge < -0.3 is 0 Å². The lowest BCUT2D eigenvalue weighted by atomic mass is 10.1. The Labute approximate surface area is 105 Å². The van der Waals surface area contributed by atoms with Gasteiger partial charge >= 0.3 is 5.51 Å². The second-order valence-electron chi connectivity index (χ2n) is 3.95. The molecule has 17 heavy (non-hydrogen) atoms. The molecule has 2 nitrogen and oxygen atoms in total. The van der Waals surface area contributed by atoms with Gasteiger partial charge in [0.2, 0.25) is 0 Å². The van der Waals surface area contributed by atoms with E-state index in [-0.39, 0.29) is 18.4 Å². The highest BCUT2D eigenvalue weighted by Crippen LogP contribution is 2.57. The summed E-state index contributed by atoms with van der Waals surface area (Å²) in [6.45, 7) is 0. The predicted octanol–water partition coefficient (Wildman–Crippen LogP) is 3.37. The van der Waals surface area contributed by atoms with Gasteiger partial charge in [0.05, 0.1) is 0 Å². The van der Waals surface area contributed by atoms with Crippen molar-refractivity contribution in [1.29, 1.82) is 0 Å². The van der Waals surface area contributed by atoms with Gasteiger partial charge in [0.15, 0.2) is 0 Å². The molecule has 0 aromatic heterocycles. The number of hydrogen-bond acceptors (Lipinski definition) is 2. The van der Waals surface area contributed by atoms with E-state index in [1.165, 1.54) is 12.1 Å². The average Bonchev–Trinajstić information content (AvgIpc) is 2.98. The van der Waals surface area contributed by atoms with Crippen molar-refractivity contribution in [1.82, 2.24) is 0 Å². The van der Waals surface area contributed by atoms with E-state index in [0.717, 1.165) is 0 Å². The number of alkyl halides is 3. The fourth-order valence-corrected chi connectivity index (χ4v) is 3.59. The number of hydrogen-bond donors (Lipinski definition) is 0. The van der Waals surface area contributed by atoms with Crippen molar-refractivity contribution in [3.63, 3.8) is 0 Å². The molecule has 1 aromatic carbocycles. The molecule has 1 aliphatic carbocycles. The highest BCUT2D eigenvalue weighted by atomic mass is 79.9. The van der Waals surface area contributed by atoms with E-state index in [1.54, 1.807) is 12.1 Å². The van der Waals surface area contributed by atoms with Gasteiger partial charge in [0, 0.05) is 4.47 Å². The Balaban J connectivity index is 2.49. The van der Waals surface area contributed by atoms with Crippen LogP contribution in [0, 0.1) is 0 Å². The molecule has 1 fully saturated rings. The summed E-state index contributed by atoms with van der Waals surface area (Å²) in [7, 11) is -5.15. The summed E-state index contributed by atoms with van der Waals surface area (Å²) in [5.41, 5.74) is -4.99. The van der Waals surface area contributed by atoms with Crippen LogP contribution in [-0.4, -0.2) is 13.9 Å². The van der Waals surface area contributed by atoms with Crippen molar-refractivity contribution < 1.29 is 21.6 Å². The lowest BCUT2D eigenvalue weighted by Crippen LogP contribution is -2.34. The van der Waals surface area contributed by atoms with Crippen molar-refractivity contribution in [3.8, 4) is 0 Å². The molecular formula is C10H8BrF3O2S. The molecule has 0 amide bonds. The standard InChI is InChI=1S/C10H8BrF3O2S/c11-8-3-1-7(2-4-8)9(5-6-9)17(15,16)10(12,13)14/h1-4H,5-6H2. The summed E-state index contributed by atoms with van der Waals surface area (Å²) < 4.78 is 59.5. The molecule has 1 aromatic rings. The minimum atomic E-state index is -5.20. The molecule has 1 saturated carbocycles. The zero-order valence-corrected chi connectivity index (χ0v) is 10.9. The quantitative estimate of drug-likeness (QED) is 0.834. The molecule has 1 aliphatic rings. The van der Waals surface area contributed by atoms with Crippen molar-refractivity contribution in [2.24, 2.45) is 0 Å². The van der Waals surface area contributed by atoms with E-state index >= 15 is 0 Å². The average molecular weight is 329 g/mol. The minimum Gasteiger partial charge on any atom is -0.219 e. The third-order valence-electron chi connectivity index (χ3n) is 2.89. The zero-order valence-electron chi connectivity index (χ0n) is 8.46. The third-order valence-corrected chi connectivity index (χ3v) is 5.70. The number of sulfone groups is 1. The Morgan fingerprint density at radius 1 is 1.12 bits per heavy atom. The lowest BCUT2D eigenvalue weighted by Gasteiger charge is -2.18. The Bertz CT molecular complexity index is 530. The normalized spacial score (nSPS) is 19.1. The molecule has 0 saturated heterocycles. The van der Waals surface area contributed by atoms with Crippen LogP contribution in [0.15, 0.2) is 28.7 Å². The summed E-state index contributed by atoms with van der Waals surface area (Å²) in [6.07, 6.45) is 0.0486. The number of halogens is 4. The van der Waals surface area contributed by atoms with Crippen molar-refractivity contribution in [2.45, 2.75) is 23.1 Å². The van der Waals surface area contributed by atoms with Crippen LogP contribution in [0.3, 0.4) is 0 Å². The van der Waals surface area contributed by atoms with E-state index in [2.05, 4.69) is 15.9 Å². The summed E-state index contributed by atoms with van der Waals surface area (Å²) in [5, 5.41) is 0. The van der Waals surface area contributed by atoms with Gasteiger partial charge in [-0.05, 0) is 30.5 Å². The number of benzene rings is 1. The first kappa shape index (κ1) is 12.9. The molecule has 0 unspecified atom stereocenters. The van der Waals surface area contributed by atoms with E-state index in [0.29, 0.717) is 4.47 Å². The van der Waals surface area contributed by atoms with Gasteiger partial charge in [0.1, 0.15) is 4.75 Å². The van der Waals surface area contributed by atoms with Crippen LogP contribution in [0.5, 0.6) is 0 Å². The summed E-state index contributed by atoms with van der Waals surface area (Å²) in [6, 6.07) is 5.92. The summed E-state index contributed by atoms with van der Waals surface area (Å²) in [5.74, 6) is 0. The van der Waals surface area contributed by atoms with E-state index in [1.807, 2.05) is 0 Å². The van der Waals surface area contributed by atoms with Crippen molar-refractivity contribution in [2.75, 3.05) is 0 Å². The Morgan fingerprint density at radius 3 is 1.94 bits per heavy atom. The van der Waals surface area contributed by atoms with Crippen LogP contribution in [-0.2, 0) is 14.6 Å². The molecular weight excluding hydrogens is 321 g/mol. The lowest BCUT2D eigenvalue weighted by molar-refractivity contribution is -0.0448. The maximum Gasteiger partial charge on any atom is 0.498 e. The molecule has 94 valence electrons. The first-order valence-electron chi connectivity index (χ1n) is 4.78. The van der Waals surface area contributed by atoms with Gasteiger partial charge in [0.25, 0.3) is 9.84 Å². The molecule has 0 radical (unpaired) electrons. The van der Waals surface area contributed by atoms with E-state index in [4.69, 9.17) is 0 Å². The Hall–Kier alpha value is -0.560. The predicted molar refractivity (Wildman–Crippen MR) is 60.0 cm³/mol. The van der Waals surface area contributed by atoms with Gasteiger partial charge in [-0.25, -0.2) is 8.42 Å². The molecule has 0 spiro atoms. The summed E-state index contributed by atoms with van der Waals surface area (Å²) in [4.78, 5) is 0. The van der Waals surface area contributed by atoms with Crippen molar-refractivity contribution in [3.05, 3.63) is 34.3 Å². The van der Waals surface area contributed by atoms with Crippen LogP contribution in [0.4, 0.5) is 13.2 Å². The number of rotatable bonds is 2. The molecule has 0 aliphatic heterocycles. The Kier molecular flexibility index (Phi) is 2.82. The highest BCUT2D eigenvalue weighted by Gasteiger charge is 2.66. The van der Waals surface area contributed by atoms with Gasteiger partial charge in [-0.2, -0.15) is 13.2 Å². The van der Waals surface area contributed by atoms with Crippen LogP contribution < -0.4 is 0 Å². The molecule has 0 heterocycles. The minimum absolute atomic E-state index is 0.0243. The van der Waals surface area contributed by atoms with Crippen LogP contribution in [0.1, 0.15) is 18.4 Å². The second kappa shape index (κ2) is 3.71. The fourth-order valence-electron chi connectivity index (χ4n) is 1.80. The van der Waals surface area contributed by atoms with Gasteiger partial charge in [-0.3, -0.25) is 0 Å².